The molecule has 1 saturated heterocycles. The number of thiazole rings is 1. The molecule has 1 fully saturated rings. The van der Waals surface area contributed by atoms with Crippen LogP contribution in [0.4, 0.5) is 16.5 Å². The predicted molar refractivity (Wildman–Crippen MR) is 176 cm³/mol. The van der Waals surface area contributed by atoms with Crippen molar-refractivity contribution < 1.29 is 9.90 Å². The third-order valence-corrected chi connectivity index (χ3v) is 8.92. The molecule has 8 nitrogen and oxygen atoms in total. The lowest BCUT2D eigenvalue weighted by molar-refractivity contribution is 0.0746. The Morgan fingerprint density at radius 2 is 1.86 bits per heavy atom. The van der Waals surface area contributed by atoms with Gasteiger partial charge in [-0.15, -0.1) is 0 Å². The Morgan fingerprint density at radius 3 is 2.51 bits per heavy atom. The van der Waals surface area contributed by atoms with Crippen LogP contribution in [-0.4, -0.2) is 44.2 Å². The molecule has 43 heavy (non-hydrogen) atoms. The van der Waals surface area contributed by atoms with E-state index in [0.29, 0.717) is 35.0 Å². The van der Waals surface area contributed by atoms with E-state index >= 15 is 0 Å². The second-order valence-electron chi connectivity index (χ2n) is 12.6. The average molecular weight is 598 g/mol. The first kappa shape index (κ1) is 30.3. The van der Waals surface area contributed by atoms with E-state index in [2.05, 4.69) is 47.9 Å². The number of nitrogens with zero attached hydrogens (tertiary/aromatic N) is 3. The number of aliphatic hydroxyl groups is 1. The summed E-state index contributed by atoms with van der Waals surface area (Å²) >= 11 is 1.41. The Balaban J connectivity index is 1.36. The van der Waals surface area contributed by atoms with Crippen LogP contribution in [0.5, 0.6) is 0 Å². The van der Waals surface area contributed by atoms with Crippen LogP contribution in [0.1, 0.15) is 60.5 Å². The number of pyridine rings is 1. The van der Waals surface area contributed by atoms with Gasteiger partial charge in [-0.1, -0.05) is 63.0 Å². The molecule has 2 aromatic heterocycles. The van der Waals surface area contributed by atoms with E-state index in [-0.39, 0.29) is 16.9 Å². The maximum Gasteiger partial charge on any atom is 0.274 e. The fourth-order valence-electron chi connectivity index (χ4n) is 5.26. The number of hydrogen-bond acceptors (Lipinski definition) is 7. The largest absolute Gasteiger partial charge is 0.388 e. The summed E-state index contributed by atoms with van der Waals surface area (Å²) in [6, 6.07) is 15.3. The molecule has 1 atom stereocenters. The van der Waals surface area contributed by atoms with E-state index in [4.69, 9.17) is 0 Å². The van der Waals surface area contributed by atoms with Gasteiger partial charge >= 0.3 is 0 Å². The SMILES string of the molecule is C=C(c1cnc(Nc2cc(-c3cccc(NC(=O)c4ccc(C(C)(C)C)cc4)c3C)cn(C)c2=O)s1)N1CCC(C)(O)C1. The number of carbonyl (C=O) groups is 1. The minimum atomic E-state index is -0.725. The smallest absolute Gasteiger partial charge is 0.274 e. The van der Waals surface area contributed by atoms with Crippen molar-refractivity contribution in [2.24, 2.45) is 7.05 Å². The molecule has 1 aliphatic rings. The van der Waals surface area contributed by atoms with Gasteiger partial charge in [0.1, 0.15) is 5.69 Å². The first-order chi connectivity index (χ1) is 20.2. The van der Waals surface area contributed by atoms with Crippen LogP contribution in [0.15, 0.2) is 72.3 Å². The number of aryl methyl sites for hydroxylation is 1. The van der Waals surface area contributed by atoms with Crippen molar-refractivity contribution in [3.8, 4) is 11.1 Å². The highest BCUT2D eigenvalue weighted by Crippen LogP contribution is 2.34. The van der Waals surface area contributed by atoms with Gasteiger partial charge in [0.25, 0.3) is 11.5 Å². The zero-order chi connectivity index (χ0) is 31.1. The lowest BCUT2D eigenvalue weighted by Gasteiger charge is -2.21. The third kappa shape index (κ3) is 6.58. The quantitative estimate of drug-likeness (QED) is 0.224. The van der Waals surface area contributed by atoms with Crippen LogP contribution in [-0.2, 0) is 12.5 Å². The Hall–Kier alpha value is -4.21. The van der Waals surface area contributed by atoms with Gasteiger partial charge in [0.15, 0.2) is 5.13 Å². The van der Waals surface area contributed by atoms with E-state index < -0.39 is 5.60 Å². The van der Waals surface area contributed by atoms with Crippen LogP contribution in [0, 0.1) is 6.92 Å². The van der Waals surface area contributed by atoms with Gasteiger partial charge in [0, 0.05) is 55.0 Å². The van der Waals surface area contributed by atoms with Gasteiger partial charge in [-0.25, -0.2) is 4.98 Å². The predicted octanol–water partition coefficient (Wildman–Crippen LogP) is 6.54. The van der Waals surface area contributed by atoms with E-state index in [1.165, 1.54) is 16.9 Å². The Morgan fingerprint density at radius 1 is 1.14 bits per heavy atom. The second kappa shape index (κ2) is 11.5. The molecular formula is C34H39N5O3S. The number of aromatic nitrogens is 2. The molecular weight excluding hydrogens is 558 g/mol. The van der Waals surface area contributed by atoms with Gasteiger partial charge in [0.05, 0.1) is 10.5 Å². The molecule has 5 rings (SSSR count). The highest BCUT2D eigenvalue weighted by Gasteiger charge is 2.32. The summed E-state index contributed by atoms with van der Waals surface area (Å²) in [5.74, 6) is -0.178. The van der Waals surface area contributed by atoms with Crippen molar-refractivity contribution in [3.05, 3.63) is 99.4 Å². The van der Waals surface area contributed by atoms with E-state index in [9.17, 15) is 14.7 Å². The van der Waals surface area contributed by atoms with Gasteiger partial charge < -0.3 is 25.2 Å². The molecule has 9 heteroatoms. The Kier molecular flexibility index (Phi) is 8.07. The number of nitrogens with one attached hydrogen (secondary N) is 2. The zero-order valence-electron chi connectivity index (χ0n) is 25.6. The number of rotatable bonds is 7. The number of likely N-dealkylation sites (tertiary alicyclic amines) is 1. The van der Waals surface area contributed by atoms with Gasteiger partial charge in [0.2, 0.25) is 0 Å². The number of β-amino-alcohol motifs (C(OH)–C–C–N with tert-alkyl or cyclic N) is 1. The molecule has 2 aromatic carbocycles. The highest BCUT2D eigenvalue weighted by molar-refractivity contribution is 7.16. The van der Waals surface area contributed by atoms with Crippen molar-refractivity contribution in [1.82, 2.24) is 14.5 Å². The number of anilines is 3. The van der Waals surface area contributed by atoms with Gasteiger partial charge in [-0.3, -0.25) is 9.59 Å². The van der Waals surface area contributed by atoms with Gasteiger partial charge in [-0.2, -0.15) is 0 Å². The molecule has 0 spiro atoms. The molecule has 0 aliphatic carbocycles. The average Bonchev–Trinajstić information content (AvgIpc) is 3.57. The van der Waals surface area contributed by atoms with E-state index in [1.807, 2.05) is 62.4 Å². The fourth-order valence-corrected chi connectivity index (χ4v) is 6.09. The van der Waals surface area contributed by atoms with E-state index in [1.54, 1.807) is 24.0 Å². The maximum atomic E-state index is 13.1. The summed E-state index contributed by atoms with van der Waals surface area (Å²) in [6.07, 6.45) is 4.22. The highest BCUT2D eigenvalue weighted by atomic mass is 32.1. The maximum absolute atomic E-state index is 13.1. The van der Waals surface area contributed by atoms with Crippen LogP contribution < -0.4 is 16.2 Å². The van der Waals surface area contributed by atoms with Crippen LogP contribution in [0.3, 0.4) is 0 Å². The van der Waals surface area contributed by atoms with Crippen molar-refractivity contribution in [1.29, 1.82) is 0 Å². The van der Waals surface area contributed by atoms with Gasteiger partial charge in [-0.05, 0) is 66.6 Å². The van der Waals surface area contributed by atoms with Crippen LogP contribution >= 0.6 is 11.3 Å². The lowest BCUT2D eigenvalue weighted by atomic mass is 9.86. The van der Waals surface area contributed by atoms with Crippen molar-refractivity contribution in [2.75, 3.05) is 23.7 Å². The van der Waals surface area contributed by atoms with E-state index in [0.717, 1.165) is 33.8 Å². The molecule has 0 bridgehead atoms. The topological polar surface area (TPSA) is 99.5 Å². The molecule has 3 N–H and O–H groups in total. The summed E-state index contributed by atoms with van der Waals surface area (Å²) in [7, 11) is 1.72. The summed E-state index contributed by atoms with van der Waals surface area (Å²) < 4.78 is 1.54. The number of hydrogen-bond donors (Lipinski definition) is 3. The normalized spacial score (nSPS) is 16.8. The second-order valence-corrected chi connectivity index (χ2v) is 13.6. The first-order valence-electron chi connectivity index (χ1n) is 14.3. The minimum absolute atomic E-state index is 0.0105. The Labute approximate surface area is 256 Å². The molecule has 1 aliphatic heterocycles. The standard InChI is InChI=1S/C34H39N5O3S/c1-21-26(9-8-10-27(21)36-30(40)23-11-13-25(14-12-23)33(3,4)5)24-17-28(31(41)38(7)19-24)37-32-35-18-29(43-32)22(2)39-16-15-34(6,42)20-39/h8-14,17-19,42H,2,15-16,20H2,1,3-7H3,(H,35,37)(H,36,40). The fraction of sp³-hybridized carbons (Fsp3) is 0.324. The summed E-state index contributed by atoms with van der Waals surface area (Å²) in [4.78, 5) is 33.6. The molecule has 224 valence electrons. The number of benzene rings is 2. The van der Waals surface area contributed by atoms with Crippen molar-refractivity contribution in [2.45, 2.75) is 52.1 Å². The number of carbonyl (C=O) groups excluding carboxylic acids is 1. The first-order valence-corrected chi connectivity index (χ1v) is 15.2. The number of amides is 1. The van der Waals surface area contributed by atoms with Crippen LogP contribution in [0.25, 0.3) is 16.8 Å². The summed E-state index contributed by atoms with van der Waals surface area (Å²) in [6.45, 7) is 15.7. The van der Waals surface area contributed by atoms with Crippen LogP contribution in [0.2, 0.25) is 0 Å². The monoisotopic (exact) mass is 597 g/mol. The molecule has 1 unspecified atom stereocenters. The molecule has 3 heterocycles. The molecule has 0 radical (unpaired) electrons. The minimum Gasteiger partial charge on any atom is -0.388 e. The summed E-state index contributed by atoms with van der Waals surface area (Å²) in [5, 5.41) is 17.2. The third-order valence-electron chi connectivity index (χ3n) is 7.95. The zero-order valence-corrected chi connectivity index (χ0v) is 26.4. The lowest BCUT2D eigenvalue weighted by Crippen LogP contribution is -2.28. The molecule has 1 amide bonds. The van der Waals surface area contributed by atoms with Crippen molar-refractivity contribution >= 4 is 39.4 Å². The molecule has 4 aromatic rings. The Bertz CT molecular complexity index is 1750. The molecule has 0 saturated carbocycles. The summed E-state index contributed by atoms with van der Waals surface area (Å²) in [5.41, 5.74) is 5.38. The van der Waals surface area contributed by atoms with Crippen molar-refractivity contribution in [3.63, 3.8) is 0 Å².